The molecule has 2 aromatic heterocycles. The van der Waals surface area contributed by atoms with Crippen LogP contribution in [0.1, 0.15) is 37.8 Å². The summed E-state index contributed by atoms with van der Waals surface area (Å²) in [4.78, 5) is 8.94. The van der Waals surface area contributed by atoms with E-state index in [1.54, 1.807) is 0 Å². The molecule has 0 radical (unpaired) electrons. The molecule has 0 unspecified atom stereocenters. The first-order chi connectivity index (χ1) is 11.1. The van der Waals surface area contributed by atoms with Crippen LogP contribution in [0.25, 0.3) is 11.0 Å². The molecule has 0 aromatic carbocycles. The second kappa shape index (κ2) is 5.42. The first-order valence-electron chi connectivity index (χ1n) is 8.36. The molecular formula is C18H23N3O2. The van der Waals surface area contributed by atoms with E-state index < -0.39 is 0 Å². The quantitative estimate of drug-likeness (QED) is 0.940. The summed E-state index contributed by atoms with van der Waals surface area (Å²) in [6, 6.07) is 7.93. The van der Waals surface area contributed by atoms with Gasteiger partial charge in [0.05, 0.1) is 18.8 Å². The van der Waals surface area contributed by atoms with Crippen molar-refractivity contribution in [3.05, 3.63) is 30.0 Å². The Bertz CT molecular complexity index is 707. The molecule has 3 fully saturated rings. The topological polar surface area (TPSA) is 70.3 Å². The van der Waals surface area contributed by atoms with Gasteiger partial charge in [-0.05, 0) is 50.8 Å². The Morgan fingerprint density at radius 2 is 1.91 bits per heavy atom. The zero-order valence-electron chi connectivity index (χ0n) is 13.5. The Labute approximate surface area is 136 Å². The number of aryl methyl sites for hydroxylation is 1. The molecule has 122 valence electrons. The molecule has 3 aliphatic rings. The van der Waals surface area contributed by atoms with Crippen LogP contribution in [0.3, 0.4) is 0 Å². The summed E-state index contributed by atoms with van der Waals surface area (Å²) in [5, 5.41) is 1.03. The zero-order valence-corrected chi connectivity index (χ0v) is 13.5. The van der Waals surface area contributed by atoms with Crippen molar-refractivity contribution in [2.24, 2.45) is 5.73 Å². The molecule has 1 saturated carbocycles. The summed E-state index contributed by atoms with van der Waals surface area (Å²) in [6.45, 7) is 3.26. The van der Waals surface area contributed by atoms with E-state index in [4.69, 9.17) is 15.2 Å². The van der Waals surface area contributed by atoms with E-state index in [-0.39, 0.29) is 11.1 Å². The molecule has 23 heavy (non-hydrogen) atoms. The van der Waals surface area contributed by atoms with Gasteiger partial charge in [0, 0.05) is 29.1 Å². The normalized spacial score (nSPS) is 29.8. The summed E-state index contributed by atoms with van der Waals surface area (Å²) >= 11 is 0. The molecule has 5 rings (SSSR count). The van der Waals surface area contributed by atoms with Crippen LogP contribution >= 0.6 is 0 Å². The van der Waals surface area contributed by atoms with Crippen molar-refractivity contribution in [1.29, 1.82) is 0 Å². The lowest BCUT2D eigenvalue weighted by Gasteiger charge is -2.51. The SMILES string of the molecule is Cc1ccc2ccc(OCCC34CCC(N)(CC3)CO4)nc2n1. The molecule has 2 bridgehead atoms. The number of nitrogens with zero attached hydrogens (tertiary/aromatic N) is 2. The first-order valence-corrected chi connectivity index (χ1v) is 8.36. The smallest absolute Gasteiger partial charge is 0.215 e. The van der Waals surface area contributed by atoms with Crippen molar-refractivity contribution in [3.8, 4) is 5.88 Å². The minimum Gasteiger partial charge on any atom is -0.477 e. The predicted molar refractivity (Wildman–Crippen MR) is 88.5 cm³/mol. The van der Waals surface area contributed by atoms with E-state index in [9.17, 15) is 0 Å². The largest absolute Gasteiger partial charge is 0.477 e. The highest BCUT2D eigenvalue weighted by Crippen LogP contribution is 2.44. The Balaban J connectivity index is 1.40. The van der Waals surface area contributed by atoms with Crippen molar-refractivity contribution >= 4 is 11.0 Å². The monoisotopic (exact) mass is 313 g/mol. The molecular weight excluding hydrogens is 290 g/mol. The van der Waals surface area contributed by atoms with Crippen LogP contribution in [0.15, 0.2) is 24.3 Å². The van der Waals surface area contributed by atoms with E-state index in [0.717, 1.165) is 48.8 Å². The van der Waals surface area contributed by atoms with E-state index >= 15 is 0 Å². The molecule has 4 heterocycles. The van der Waals surface area contributed by atoms with Gasteiger partial charge in [-0.15, -0.1) is 0 Å². The highest BCUT2D eigenvalue weighted by atomic mass is 16.5. The second-order valence-electron chi connectivity index (χ2n) is 7.08. The molecule has 5 heteroatoms. The van der Waals surface area contributed by atoms with E-state index in [0.29, 0.717) is 19.1 Å². The minimum absolute atomic E-state index is 0.0349. The summed E-state index contributed by atoms with van der Waals surface area (Å²) in [7, 11) is 0. The lowest BCUT2D eigenvalue weighted by Crippen LogP contribution is -2.59. The Morgan fingerprint density at radius 3 is 2.65 bits per heavy atom. The van der Waals surface area contributed by atoms with Crippen LogP contribution in [-0.2, 0) is 4.74 Å². The van der Waals surface area contributed by atoms with E-state index in [2.05, 4.69) is 9.97 Å². The maximum atomic E-state index is 6.27. The Morgan fingerprint density at radius 1 is 1.13 bits per heavy atom. The Hall–Kier alpha value is -1.72. The number of rotatable bonds is 4. The number of nitrogens with two attached hydrogens (primary N) is 1. The molecule has 2 aliphatic heterocycles. The summed E-state index contributed by atoms with van der Waals surface area (Å²) in [6.07, 6.45) is 5.09. The van der Waals surface area contributed by atoms with Gasteiger partial charge in [0.1, 0.15) is 0 Å². The number of aromatic nitrogens is 2. The van der Waals surface area contributed by atoms with Crippen molar-refractivity contribution < 1.29 is 9.47 Å². The number of fused-ring (bicyclic) bond motifs is 4. The van der Waals surface area contributed by atoms with Crippen LogP contribution in [-0.4, -0.2) is 34.3 Å². The number of hydrogen-bond acceptors (Lipinski definition) is 5. The maximum Gasteiger partial charge on any atom is 0.215 e. The van der Waals surface area contributed by atoms with Gasteiger partial charge < -0.3 is 15.2 Å². The lowest BCUT2D eigenvalue weighted by atomic mass is 9.70. The van der Waals surface area contributed by atoms with E-state index in [1.165, 1.54) is 0 Å². The summed E-state index contributed by atoms with van der Waals surface area (Å²) < 4.78 is 11.9. The van der Waals surface area contributed by atoms with Crippen molar-refractivity contribution in [2.75, 3.05) is 13.2 Å². The average molecular weight is 313 g/mol. The standard InChI is InChI=1S/C18H23N3O2/c1-13-2-3-14-4-5-15(21-16(14)20-13)22-11-10-18-8-6-17(19,7-9-18)12-23-18/h2-5H,6-12,19H2,1H3. The fourth-order valence-corrected chi connectivity index (χ4v) is 3.61. The van der Waals surface area contributed by atoms with Gasteiger partial charge in [-0.2, -0.15) is 4.98 Å². The van der Waals surface area contributed by atoms with Crippen molar-refractivity contribution in [3.63, 3.8) is 0 Å². The minimum atomic E-state index is -0.0773. The van der Waals surface area contributed by atoms with Crippen LogP contribution < -0.4 is 10.5 Å². The van der Waals surface area contributed by atoms with E-state index in [1.807, 2.05) is 31.2 Å². The number of pyridine rings is 2. The molecule has 0 spiro atoms. The molecule has 5 nitrogen and oxygen atoms in total. The van der Waals surface area contributed by atoms with Crippen LogP contribution in [0, 0.1) is 6.92 Å². The third-order valence-electron chi connectivity index (χ3n) is 5.30. The Kier molecular flexibility index (Phi) is 3.50. The maximum absolute atomic E-state index is 6.27. The number of hydrogen-bond donors (Lipinski definition) is 1. The zero-order chi connectivity index (χ0) is 15.9. The lowest BCUT2D eigenvalue weighted by molar-refractivity contribution is -0.159. The number of ether oxygens (including phenoxy) is 2. The second-order valence-corrected chi connectivity index (χ2v) is 7.08. The molecule has 0 amide bonds. The van der Waals surface area contributed by atoms with Crippen molar-refractivity contribution in [2.45, 2.75) is 50.2 Å². The average Bonchev–Trinajstić information content (AvgIpc) is 2.56. The van der Waals surface area contributed by atoms with Gasteiger partial charge in [-0.3, -0.25) is 0 Å². The van der Waals surface area contributed by atoms with Crippen LogP contribution in [0.2, 0.25) is 0 Å². The summed E-state index contributed by atoms with van der Waals surface area (Å²) in [5.41, 5.74) is 7.85. The van der Waals surface area contributed by atoms with Crippen molar-refractivity contribution in [1.82, 2.24) is 9.97 Å². The van der Waals surface area contributed by atoms with Gasteiger partial charge in [-0.25, -0.2) is 4.98 Å². The molecule has 0 atom stereocenters. The van der Waals surface area contributed by atoms with Gasteiger partial charge in [0.25, 0.3) is 0 Å². The molecule has 2 aromatic rings. The highest BCUT2D eigenvalue weighted by Gasteiger charge is 2.47. The molecule has 2 N–H and O–H groups in total. The fraction of sp³-hybridized carbons (Fsp3) is 0.556. The van der Waals surface area contributed by atoms with Gasteiger partial charge >= 0.3 is 0 Å². The third kappa shape index (κ3) is 2.91. The molecule has 1 aliphatic carbocycles. The fourth-order valence-electron chi connectivity index (χ4n) is 3.61. The highest BCUT2D eigenvalue weighted by molar-refractivity contribution is 5.75. The third-order valence-corrected chi connectivity index (χ3v) is 5.30. The van der Waals surface area contributed by atoms with Crippen LogP contribution in [0.4, 0.5) is 0 Å². The van der Waals surface area contributed by atoms with Crippen LogP contribution in [0.5, 0.6) is 5.88 Å². The van der Waals surface area contributed by atoms with Gasteiger partial charge in [0.2, 0.25) is 5.88 Å². The molecule has 2 saturated heterocycles. The summed E-state index contributed by atoms with van der Waals surface area (Å²) in [5.74, 6) is 0.631. The van der Waals surface area contributed by atoms with Gasteiger partial charge in [0.15, 0.2) is 5.65 Å². The first kappa shape index (κ1) is 14.8. The predicted octanol–water partition coefficient (Wildman–Crippen LogP) is 2.75. The van der Waals surface area contributed by atoms with Gasteiger partial charge in [-0.1, -0.05) is 0 Å².